The van der Waals surface area contributed by atoms with Crippen molar-refractivity contribution in [1.82, 2.24) is 0 Å². The van der Waals surface area contributed by atoms with Gasteiger partial charge in [0.1, 0.15) is 0 Å². The Kier molecular flexibility index (Phi) is 5.25. The number of nitrogens with one attached hydrogen (secondary N) is 1. The van der Waals surface area contributed by atoms with E-state index in [0.29, 0.717) is 11.6 Å². The highest BCUT2D eigenvalue weighted by Crippen LogP contribution is 2.20. The van der Waals surface area contributed by atoms with Crippen LogP contribution in [0.2, 0.25) is 5.02 Å². The van der Waals surface area contributed by atoms with E-state index in [9.17, 15) is 9.90 Å². The summed E-state index contributed by atoms with van der Waals surface area (Å²) in [7, 11) is 0. The average molecular weight is 258 g/mol. The quantitative estimate of drug-likeness (QED) is 0.731. The fraction of sp³-hybridized carbons (Fsp3) is 0.417. The number of hydrogen-bond acceptors (Lipinski definition) is 3. The van der Waals surface area contributed by atoms with Crippen LogP contribution in [0.5, 0.6) is 0 Å². The number of carbonyl (C=O) groups is 1. The minimum atomic E-state index is -0.900. The summed E-state index contributed by atoms with van der Waals surface area (Å²) in [5, 5.41) is 21.7. The Balaban J connectivity index is 2.44. The highest BCUT2D eigenvalue weighted by molar-refractivity contribution is 6.30. The van der Waals surface area contributed by atoms with Gasteiger partial charge >= 0.3 is 5.97 Å². The minimum absolute atomic E-state index is 0.0304. The van der Waals surface area contributed by atoms with Crippen molar-refractivity contribution in [1.29, 1.82) is 0 Å². The zero-order valence-corrected chi connectivity index (χ0v) is 10.4. The molecule has 1 rings (SSSR count). The van der Waals surface area contributed by atoms with Crippen LogP contribution in [0, 0.1) is 6.92 Å². The second kappa shape index (κ2) is 6.47. The summed E-state index contributed by atoms with van der Waals surface area (Å²) in [5.41, 5.74) is 1.88. The molecule has 3 N–H and O–H groups in total. The van der Waals surface area contributed by atoms with Crippen molar-refractivity contribution in [2.45, 2.75) is 25.9 Å². The fourth-order valence-electron chi connectivity index (χ4n) is 1.40. The Morgan fingerprint density at radius 1 is 1.53 bits per heavy atom. The summed E-state index contributed by atoms with van der Waals surface area (Å²) in [4.78, 5) is 10.3. The predicted octanol–water partition coefficient (Wildman–Crippen LogP) is 2.29. The summed E-state index contributed by atoms with van der Waals surface area (Å²) >= 11 is 5.85. The number of aryl methyl sites for hydroxylation is 1. The number of benzene rings is 1. The first-order chi connectivity index (χ1) is 7.99. The van der Waals surface area contributed by atoms with Gasteiger partial charge in [0, 0.05) is 23.7 Å². The van der Waals surface area contributed by atoms with Gasteiger partial charge in [0.2, 0.25) is 0 Å². The van der Waals surface area contributed by atoms with E-state index in [-0.39, 0.29) is 12.8 Å². The molecule has 0 saturated carbocycles. The lowest BCUT2D eigenvalue weighted by atomic mass is 10.1. The van der Waals surface area contributed by atoms with Crippen molar-refractivity contribution < 1.29 is 15.0 Å². The average Bonchev–Trinajstić information content (AvgIpc) is 2.27. The molecule has 0 amide bonds. The van der Waals surface area contributed by atoms with E-state index in [2.05, 4.69) is 5.32 Å². The van der Waals surface area contributed by atoms with Gasteiger partial charge in [-0.1, -0.05) is 17.7 Å². The molecule has 0 bridgehead atoms. The Bertz CT molecular complexity index is 395. The van der Waals surface area contributed by atoms with Crippen molar-refractivity contribution in [3.8, 4) is 0 Å². The molecule has 0 aliphatic heterocycles. The summed E-state index contributed by atoms with van der Waals surface area (Å²) in [6, 6.07) is 5.46. The molecular formula is C12H16ClNO3. The lowest BCUT2D eigenvalue weighted by molar-refractivity contribution is -0.137. The number of aliphatic carboxylic acids is 1. The third-order valence-corrected chi connectivity index (χ3v) is 2.65. The molecule has 0 radical (unpaired) electrons. The van der Waals surface area contributed by atoms with Gasteiger partial charge in [-0.05, 0) is 31.0 Å². The van der Waals surface area contributed by atoms with Crippen LogP contribution in [0.4, 0.5) is 5.69 Å². The smallest absolute Gasteiger partial charge is 0.303 e. The van der Waals surface area contributed by atoms with Gasteiger partial charge in [-0.25, -0.2) is 0 Å². The molecule has 17 heavy (non-hydrogen) atoms. The van der Waals surface area contributed by atoms with Crippen molar-refractivity contribution >= 4 is 23.3 Å². The SMILES string of the molecule is Cc1ccc(Cl)cc1NCC(O)CCC(=O)O. The summed E-state index contributed by atoms with van der Waals surface area (Å²) in [6.45, 7) is 2.25. The van der Waals surface area contributed by atoms with Gasteiger partial charge in [0.25, 0.3) is 0 Å². The highest BCUT2D eigenvalue weighted by Gasteiger charge is 2.07. The number of hydrogen-bond donors (Lipinski definition) is 3. The Morgan fingerprint density at radius 3 is 2.88 bits per heavy atom. The number of carboxylic acid groups (broad SMARTS) is 1. The number of aliphatic hydroxyl groups is 1. The van der Waals surface area contributed by atoms with E-state index in [1.807, 2.05) is 13.0 Å². The molecular weight excluding hydrogens is 242 g/mol. The van der Waals surface area contributed by atoms with Gasteiger partial charge in [0.05, 0.1) is 6.10 Å². The third-order valence-electron chi connectivity index (χ3n) is 2.42. The monoisotopic (exact) mass is 257 g/mol. The molecule has 1 aromatic rings. The zero-order valence-electron chi connectivity index (χ0n) is 9.61. The number of anilines is 1. The van der Waals surface area contributed by atoms with E-state index in [0.717, 1.165) is 11.3 Å². The van der Waals surface area contributed by atoms with Gasteiger partial charge in [-0.3, -0.25) is 4.79 Å². The van der Waals surface area contributed by atoms with E-state index in [4.69, 9.17) is 16.7 Å². The maximum atomic E-state index is 10.3. The number of carboxylic acids is 1. The highest BCUT2D eigenvalue weighted by atomic mass is 35.5. The molecule has 0 spiro atoms. The largest absolute Gasteiger partial charge is 0.481 e. The molecule has 4 nitrogen and oxygen atoms in total. The number of rotatable bonds is 6. The van der Waals surface area contributed by atoms with Crippen LogP contribution >= 0.6 is 11.6 Å². The topological polar surface area (TPSA) is 69.6 Å². The number of aliphatic hydroxyl groups excluding tert-OH is 1. The van der Waals surface area contributed by atoms with Gasteiger partial charge in [-0.2, -0.15) is 0 Å². The summed E-state index contributed by atoms with van der Waals surface area (Å²) < 4.78 is 0. The van der Waals surface area contributed by atoms with Crippen LogP contribution in [0.25, 0.3) is 0 Å². The molecule has 0 aliphatic rings. The van der Waals surface area contributed by atoms with Crippen LogP contribution in [0.15, 0.2) is 18.2 Å². The molecule has 94 valence electrons. The molecule has 0 saturated heterocycles. The van der Waals surface area contributed by atoms with Crippen molar-refractivity contribution in [3.05, 3.63) is 28.8 Å². The summed E-state index contributed by atoms with van der Waals surface area (Å²) in [6.07, 6.45) is -0.469. The Hall–Kier alpha value is -1.26. The second-order valence-electron chi connectivity index (χ2n) is 3.93. The first kappa shape index (κ1) is 13.8. The lowest BCUT2D eigenvalue weighted by Crippen LogP contribution is -2.20. The standard InChI is InChI=1S/C12H16ClNO3/c1-8-2-3-9(13)6-11(8)14-7-10(15)4-5-12(16)17/h2-3,6,10,14-15H,4-5,7H2,1H3,(H,16,17). The summed E-state index contributed by atoms with van der Waals surface area (Å²) in [5.74, 6) is -0.900. The maximum absolute atomic E-state index is 10.3. The molecule has 1 unspecified atom stereocenters. The second-order valence-corrected chi connectivity index (χ2v) is 4.36. The van der Waals surface area contributed by atoms with Crippen LogP contribution in [0.1, 0.15) is 18.4 Å². The first-order valence-corrected chi connectivity index (χ1v) is 5.76. The predicted molar refractivity (Wildman–Crippen MR) is 67.6 cm³/mol. The normalized spacial score (nSPS) is 12.2. The van der Waals surface area contributed by atoms with Crippen molar-refractivity contribution in [2.75, 3.05) is 11.9 Å². The molecule has 0 aliphatic carbocycles. The Labute approximate surface area is 105 Å². The van der Waals surface area contributed by atoms with Crippen molar-refractivity contribution in [3.63, 3.8) is 0 Å². The zero-order chi connectivity index (χ0) is 12.8. The first-order valence-electron chi connectivity index (χ1n) is 5.39. The molecule has 0 heterocycles. The van der Waals surface area contributed by atoms with E-state index in [1.165, 1.54) is 0 Å². The van der Waals surface area contributed by atoms with Gasteiger partial charge < -0.3 is 15.5 Å². The van der Waals surface area contributed by atoms with Gasteiger partial charge in [0.15, 0.2) is 0 Å². The molecule has 0 aromatic heterocycles. The molecule has 1 aromatic carbocycles. The molecule has 0 fully saturated rings. The maximum Gasteiger partial charge on any atom is 0.303 e. The minimum Gasteiger partial charge on any atom is -0.481 e. The molecule has 1 atom stereocenters. The fourth-order valence-corrected chi connectivity index (χ4v) is 1.58. The van der Waals surface area contributed by atoms with E-state index >= 15 is 0 Å². The molecule has 5 heteroatoms. The van der Waals surface area contributed by atoms with Crippen LogP contribution < -0.4 is 5.32 Å². The third kappa shape index (κ3) is 5.06. The van der Waals surface area contributed by atoms with Crippen LogP contribution in [-0.2, 0) is 4.79 Å². The lowest BCUT2D eigenvalue weighted by Gasteiger charge is -2.13. The Morgan fingerprint density at radius 2 is 2.24 bits per heavy atom. The van der Waals surface area contributed by atoms with E-state index < -0.39 is 12.1 Å². The van der Waals surface area contributed by atoms with Crippen LogP contribution in [-0.4, -0.2) is 28.8 Å². The van der Waals surface area contributed by atoms with Gasteiger partial charge in [-0.15, -0.1) is 0 Å². The number of halogens is 1. The van der Waals surface area contributed by atoms with Crippen molar-refractivity contribution in [2.24, 2.45) is 0 Å². The van der Waals surface area contributed by atoms with Crippen LogP contribution in [0.3, 0.4) is 0 Å². The van der Waals surface area contributed by atoms with E-state index in [1.54, 1.807) is 12.1 Å².